The molecular formula is C8H9BrClN3. The molecule has 2 heterocycles. The maximum atomic E-state index is 5.72. The monoisotopic (exact) mass is 261 g/mol. The van der Waals surface area contributed by atoms with Gasteiger partial charge < -0.3 is 0 Å². The average Bonchev–Trinajstić information content (AvgIpc) is 2.25. The number of fused-ring (bicyclic) bond motifs is 1. The van der Waals surface area contributed by atoms with Crippen molar-refractivity contribution in [2.24, 2.45) is 0 Å². The number of aryl methyl sites for hydroxylation is 1. The van der Waals surface area contributed by atoms with E-state index in [4.69, 9.17) is 11.6 Å². The van der Waals surface area contributed by atoms with Gasteiger partial charge in [-0.3, -0.25) is 0 Å². The molecule has 1 aliphatic rings. The average molecular weight is 263 g/mol. The molecule has 1 aromatic heterocycles. The molecule has 2 rings (SSSR count). The first-order valence-corrected chi connectivity index (χ1v) is 5.25. The number of rotatable bonds is 0. The standard InChI is InChI=1S/C8H9BrClN3/c9-13-3-1-2-7-6(5-13)4-11-8(10)12-7/h4H,1-3,5H2. The molecule has 0 atom stereocenters. The topological polar surface area (TPSA) is 29.0 Å². The molecule has 0 aromatic carbocycles. The van der Waals surface area contributed by atoms with Crippen LogP contribution in [-0.2, 0) is 13.0 Å². The summed E-state index contributed by atoms with van der Waals surface area (Å²) < 4.78 is 2.09. The Hall–Kier alpha value is -0.190. The Bertz CT molecular complexity index is 318. The lowest BCUT2D eigenvalue weighted by Gasteiger charge is -2.09. The molecule has 0 saturated carbocycles. The Balaban J connectivity index is 2.34. The van der Waals surface area contributed by atoms with Crippen LogP contribution in [0.4, 0.5) is 0 Å². The predicted octanol–water partition coefficient (Wildman–Crippen LogP) is 2.19. The van der Waals surface area contributed by atoms with Crippen LogP contribution < -0.4 is 0 Å². The van der Waals surface area contributed by atoms with Gasteiger partial charge in [-0.05, 0) is 24.4 Å². The third-order valence-electron chi connectivity index (χ3n) is 2.08. The minimum absolute atomic E-state index is 0.349. The first-order valence-electron chi connectivity index (χ1n) is 4.17. The van der Waals surface area contributed by atoms with Crippen LogP contribution in [0.3, 0.4) is 0 Å². The predicted molar refractivity (Wildman–Crippen MR) is 54.7 cm³/mol. The van der Waals surface area contributed by atoms with Gasteiger partial charge in [-0.1, -0.05) is 0 Å². The van der Waals surface area contributed by atoms with Crippen molar-refractivity contribution in [3.63, 3.8) is 0 Å². The fourth-order valence-electron chi connectivity index (χ4n) is 1.45. The number of aromatic nitrogens is 2. The summed E-state index contributed by atoms with van der Waals surface area (Å²) in [4.78, 5) is 8.19. The zero-order valence-corrected chi connectivity index (χ0v) is 9.35. The van der Waals surface area contributed by atoms with Crippen molar-refractivity contribution in [1.82, 2.24) is 13.9 Å². The van der Waals surface area contributed by atoms with Crippen molar-refractivity contribution in [1.29, 1.82) is 0 Å². The van der Waals surface area contributed by atoms with Gasteiger partial charge in [0.2, 0.25) is 5.28 Å². The van der Waals surface area contributed by atoms with E-state index in [0.717, 1.165) is 31.6 Å². The Morgan fingerprint density at radius 2 is 2.38 bits per heavy atom. The van der Waals surface area contributed by atoms with Gasteiger partial charge in [0.05, 0.1) is 0 Å². The molecule has 0 saturated heterocycles. The van der Waals surface area contributed by atoms with E-state index in [0.29, 0.717) is 5.28 Å². The van der Waals surface area contributed by atoms with Crippen molar-refractivity contribution >= 4 is 27.7 Å². The van der Waals surface area contributed by atoms with E-state index in [2.05, 4.69) is 30.0 Å². The molecule has 1 aromatic rings. The third-order valence-corrected chi connectivity index (χ3v) is 2.87. The molecule has 0 radical (unpaired) electrons. The molecule has 5 heteroatoms. The molecule has 0 amide bonds. The van der Waals surface area contributed by atoms with Crippen molar-refractivity contribution in [3.8, 4) is 0 Å². The van der Waals surface area contributed by atoms with Gasteiger partial charge in [-0.25, -0.2) is 13.9 Å². The van der Waals surface area contributed by atoms with Crippen LogP contribution in [-0.4, -0.2) is 20.4 Å². The summed E-state index contributed by atoms with van der Waals surface area (Å²) in [7, 11) is 0. The third kappa shape index (κ3) is 2.18. The number of nitrogens with zero attached hydrogens (tertiary/aromatic N) is 3. The normalized spacial score (nSPS) is 18.0. The quantitative estimate of drug-likeness (QED) is 0.530. The molecule has 0 unspecified atom stereocenters. The van der Waals surface area contributed by atoms with Crippen molar-refractivity contribution in [3.05, 3.63) is 22.7 Å². The Morgan fingerprint density at radius 3 is 3.23 bits per heavy atom. The van der Waals surface area contributed by atoms with Gasteiger partial charge in [-0.2, -0.15) is 0 Å². The fraction of sp³-hybridized carbons (Fsp3) is 0.500. The van der Waals surface area contributed by atoms with Gasteiger partial charge >= 0.3 is 0 Å². The lowest BCUT2D eigenvalue weighted by Crippen LogP contribution is -2.10. The lowest BCUT2D eigenvalue weighted by atomic mass is 10.2. The van der Waals surface area contributed by atoms with Crippen LogP contribution >= 0.6 is 27.7 Å². The summed E-state index contributed by atoms with van der Waals surface area (Å²) in [6, 6.07) is 0. The van der Waals surface area contributed by atoms with Crippen LogP contribution in [0.2, 0.25) is 5.28 Å². The SMILES string of the molecule is Clc1ncc2c(n1)CCCN(Br)C2. The molecule has 0 bridgehead atoms. The molecule has 0 fully saturated rings. The zero-order valence-electron chi connectivity index (χ0n) is 7.00. The van der Waals surface area contributed by atoms with Crippen LogP contribution in [0.5, 0.6) is 0 Å². The number of halogens is 2. The van der Waals surface area contributed by atoms with E-state index in [1.807, 2.05) is 6.20 Å². The summed E-state index contributed by atoms with van der Waals surface area (Å²) in [6.45, 7) is 1.89. The van der Waals surface area contributed by atoms with Gasteiger partial charge in [-0.15, -0.1) is 0 Å². The van der Waals surface area contributed by atoms with Crippen molar-refractivity contribution in [2.75, 3.05) is 6.54 Å². The smallest absolute Gasteiger partial charge is 0.222 e. The van der Waals surface area contributed by atoms with Crippen molar-refractivity contribution in [2.45, 2.75) is 19.4 Å². The highest BCUT2D eigenvalue weighted by molar-refractivity contribution is 9.07. The molecule has 70 valence electrons. The summed E-state index contributed by atoms with van der Waals surface area (Å²) in [5.41, 5.74) is 2.25. The van der Waals surface area contributed by atoms with Crippen molar-refractivity contribution < 1.29 is 0 Å². The van der Waals surface area contributed by atoms with Gasteiger partial charge in [0.1, 0.15) is 0 Å². The van der Waals surface area contributed by atoms with Gasteiger partial charge in [0, 0.05) is 46.7 Å². The van der Waals surface area contributed by atoms with E-state index in [9.17, 15) is 0 Å². The highest BCUT2D eigenvalue weighted by Gasteiger charge is 2.13. The summed E-state index contributed by atoms with van der Waals surface area (Å²) in [6.07, 6.45) is 3.90. The first kappa shape index (κ1) is 9.37. The minimum atomic E-state index is 0.349. The summed E-state index contributed by atoms with van der Waals surface area (Å²) >= 11 is 9.19. The molecule has 3 nitrogen and oxygen atoms in total. The van der Waals surface area contributed by atoms with E-state index >= 15 is 0 Å². The van der Waals surface area contributed by atoms with Crippen LogP contribution in [0.15, 0.2) is 6.20 Å². The summed E-state index contributed by atoms with van der Waals surface area (Å²) in [5, 5.41) is 0.349. The van der Waals surface area contributed by atoms with E-state index < -0.39 is 0 Å². The Kier molecular flexibility index (Phi) is 2.81. The molecule has 13 heavy (non-hydrogen) atoms. The number of hydrogen-bond donors (Lipinski definition) is 0. The van der Waals surface area contributed by atoms with E-state index in [1.165, 1.54) is 5.56 Å². The van der Waals surface area contributed by atoms with Crippen LogP contribution in [0, 0.1) is 0 Å². The second kappa shape index (κ2) is 3.90. The lowest BCUT2D eigenvalue weighted by molar-refractivity contribution is 0.488. The molecular weight excluding hydrogens is 253 g/mol. The Labute approximate surface area is 90.5 Å². The van der Waals surface area contributed by atoms with Gasteiger partial charge in [0.15, 0.2) is 0 Å². The molecule has 0 N–H and O–H groups in total. The van der Waals surface area contributed by atoms with Gasteiger partial charge in [0.25, 0.3) is 0 Å². The maximum absolute atomic E-state index is 5.72. The zero-order chi connectivity index (χ0) is 9.26. The summed E-state index contributed by atoms with van der Waals surface area (Å²) in [5.74, 6) is 0. The molecule has 0 spiro atoms. The largest absolute Gasteiger partial charge is 0.238 e. The Morgan fingerprint density at radius 1 is 1.54 bits per heavy atom. The van der Waals surface area contributed by atoms with Crippen LogP contribution in [0.1, 0.15) is 17.7 Å². The van der Waals surface area contributed by atoms with E-state index in [1.54, 1.807) is 0 Å². The van der Waals surface area contributed by atoms with Crippen LogP contribution in [0.25, 0.3) is 0 Å². The molecule has 1 aliphatic heterocycles. The second-order valence-corrected chi connectivity index (χ2v) is 4.40. The molecule has 0 aliphatic carbocycles. The fourth-order valence-corrected chi connectivity index (χ4v) is 2.12. The maximum Gasteiger partial charge on any atom is 0.222 e. The highest BCUT2D eigenvalue weighted by atomic mass is 79.9. The number of hydrogen-bond acceptors (Lipinski definition) is 3. The first-order chi connectivity index (χ1) is 6.25. The second-order valence-electron chi connectivity index (χ2n) is 3.06. The minimum Gasteiger partial charge on any atom is -0.238 e. The highest BCUT2D eigenvalue weighted by Crippen LogP contribution is 2.19. The van der Waals surface area contributed by atoms with E-state index in [-0.39, 0.29) is 0 Å².